The molecule has 4 N–H and O–H groups in total. The Bertz CT molecular complexity index is 739. The number of nitrogens with zero attached hydrogens (tertiary/aromatic N) is 2. The van der Waals surface area contributed by atoms with Crippen molar-refractivity contribution in [3.05, 3.63) is 47.0 Å². The average Bonchev–Trinajstić information content (AvgIpc) is 2.51. The summed E-state index contributed by atoms with van der Waals surface area (Å²) in [5, 5.41) is 4.05. The molecule has 0 amide bonds. The van der Waals surface area contributed by atoms with E-state index in [0.717, 1.165) is 0 Å². The Hall–Kier alpha value is -2.76. The van der Waals surface area contributed by atoms with Gasteiger partial charge in [-0.05, 0) is 32.0 Å². The monoisotopic (exact) mass is 412 g/mol. The summed E-state index contributed by atoms with van der Waals surface area (Å²) in [6.07, 6.45) is -10.5. The molecule has 0 aliphatic heterocycles. The second-order valence-corrected chi connectivity index (χ2v) is 5.93. The van der Waals surface area contributed by atoms with E-state index in [1.54, 1.807) is 13.8 Å². The van der Waals surface area contributed by atoms with Crippen LogP contribution in [0.1, 0.15) is 30.5 Å². The molecular weight excluding hydrogens is 394 g/mol. The molecule has 1 aromatic carbocycles. The zero-order chi connectivity index (χ0) is 21.9. The third kappa shape index (κ3) is 6.76. The second-order valence-electron chi connectivity index (χ2n) is 5.93. The van der Waals surface area contributed by atoms with Crippen molar-refractivity contribution in [3.63, 3.8) is 0 Å². The Labute approximate surface area is 156 Å². The lowest BCUT2D eigenvalue weighted by Crippen LogP contribution is -2.33. The molecule has 0 radical (unpaired) electrons. The van der Waals surface area contributed by atoms with Crippen LogP contribution in [0.15, 0.2) is 35.5 Å². The van der Waals surface area contributed by atoms with Crippen molar-refractivity contribution >= 4 is 11.8 Å². The van der Waals surface area contributed by atoms with Crippen molar-refractivity contribution in [3.8, 4) is 0 Å². The SMILES string of the molecule is C=C(CN(N)/N=C(\N)c1cc(C(F)(F)F)cc(C(F)(F)F)c1)C(=O)OC(C)C. The van der Waals surface area contributed by atoms with Crippen LogP contribution in [0.4, 0.5) is 26.3 Å². The van der Waals surface area contributed by atoms with Gasteiger partial charge in [0.2, 0.25) is 0 Å². The van der Waals surface area contributed by atoms with Crippen molar-refractivity contribution in [2.24, 2.45) is 16.7 Å². The minimum atomic E-state index is -5.03. The molecule has 1 rings (SSSR count). The van der Waals surface area contributed by atoms with Crippen molar-refractivity contribution in [1.29, 1.82) is 0 Å². The molecular formula is C16H18F6N4O2. The summed E-state index contributed by atoms with van der Waals surface area (Å²) in [5.41, 5.74) is 1.61. The van der Waals surface area contributed by atoms with E-state index >= 15 is 0 Å². The first-order valence-corrected chi connectivity index (χ1v) is 7.66. The van der Waals surface area contributed by atoms with Gasteiger partial charge >= 0.3 is 18.3 Å². The van der Waals surface area contributed by atoms with Crippen LogP contribution >= 0.6 is 0 Å². The van der Waals surface area contributed by atoms with E-state index in [-0.39, 0.29) is 11.6 Å². The van der Waals surface area contributed by atoms with E-state index in [1.165, 1.54) is 0 Å². The molecule has 156 valence electrons. The van der Waals surface area contributed by atoms with Crippen molar-refractivity contribution in [1.82, 2.24) is 5.12 Å². The molecule has 0 unspecified atom stereocenters. The number of carbonyl (C=O) groups is 1. The van der Waals surface area contributed by atoms with Gasteiger partial charge in [-0.3, -0.25) is 0 Å². The smallest absolute Gasteiger partial charge is 0.416 e. The minimum absolute atomic E-state index is 0.0409. The maximum absolute atomic E-state index is 12.9. The van der Waals surface area contributed by atoms with Crippen LogP contribution in [0.2, 0.25) is 0 Å². The van der Waals surface area contributed by atoms with E-state index in [1.807, 2.05) is 0 Å². The van der Waals surface area contributed by atoms with Gasteiger partial charge < -0.3 is 10.5 Å². The highest BCUT2D eigenvalue weighted by atomic mass is 19.4. The second kappa shape index (κ2) is 8.50. The molecule has 0 bridgehead atoms. The van der Waals surface area contributed by atoms with Crippen LogP contribution in [0.25, 0.3) is 0 Å². The first-order chi connectivity index (χ1) is 12.6. The third-order valence-corrected chi connectivity index (χ3v) is 3.10. The van der Waals surface area contributed by atoms with Crippen LogP contribution < -0.4 is 11.6 Å². The zero-order valence-electron chi connectivity index (χ0n) is 14.9. The summed E-state index contributed by atoms with van der Waals surface area (Å²) in [6, 6.07) is 0.772. The Kier molecular flexibility index (Phi) is 7.07. The molecule has 0 fully saturated rings. The fourth-order valence-electron chi connectivity index (χ4n) is 1.89. The van der Waals surface area contributed by atoms with E-state index < -0.39 is 53.5 Å². The van der Waals surface area contributed by atoms with Crippen LogP contribution in [0, 0.1) is 0 Å². The number of carbonyl (C=O) groups excluding carboxylic acids is 1. The molecule has 12 heteroatoms. The lowest BCUT2D eigenvalue weighted by molar-refractivity contribution is -0.144. The topological polar surface area (TPSA) is 93.9 Å². The first-order valence-electron chi connectivity index (χ1n) is 7.66. The Balaban J connectivity index is 3.14. The number of amidine groups is 1. The van der Waals surface area contributed by atoms with Crippen molar-refractivity contribution < 1.29 is 35.9 Å². The quantitative estimate of drug-likeness (QED) is 0.143. The maximum atomic E-state index is 12.9. The van der Waals surface area contributed by atoms with E-state index in [0.29, 0.717) is 17.3 Å². The van der Waals surface area contributed by atoms with E-state index in [9.17, 15) is 31.1 Å². The number of benzene rings is 1. The predicted molar refractivity (Wildman–Crippen MR) is 88.4 cm³/mol. The summed E-state index contributed by atoms with van der Waals surface area (Å²) in [7, 11) is 0. The number of esters is 1. The van der Waals surface area contributed by atoms with Crippen LogP contribution in [-0.4, -0.2) is 29.6 Å². The summed E-state index contributed by atoms with van der Waals surface area (Å²) in [6.45, 7) is 6.18. The molecule has 0 spiro atoms. The number of hydrogen-bond donors (Lipinski definition) is 2. The number of hydrazone groups is 1. The van der Waals surface area contributed by atoms with Gasteiger partial charge in [-0.1, -0.05) is 6.58 Å². The maximum Gasteiger partial charge on any atom is 0.416 e. The zero-order valence-corrected chi connectivity index (χ0v) is 14.9. The van der Waals surface area contributed by atoms with Crippen molar-refractivity contribution in [2.45, 2.75) is 32.3 Å². The summed E-state index contributed by atoms with van der Waals surface area (Å²) >= 11 is 0. The van der Waals surface area contributed by atoms with Crippen LogP contribution in [0.3, 0.4) is 0 Å². The summed E-state index contributed by atoms with van der Waals surface area (Å²) < 4.78 is 82.1. The number of alkyl halides is 6. The Morgan fingerprint density at radius 2 is 1.61 bits per heavy atom. The predicted octanol–water partition coefficient (Wildman–Crippen LogP) is 3.03. The van der Waals surface area contributed by atoms with E-state index in [2.05, 4.69) is 11.7 Å². The van der Waals surface area contributed by atoms with Gasteiger partial charge in [0.05, 0.1) is 29.3 Å². The fraction of sp³-hybridized carbons (Fsp3) is 0.375. The molecule has 0 saturated heterocycles. The van der Waals surface area contributed by atoms with Crippen LogP contribution in [-0.2, 0) is 21.9 Å². The summed E-state index contributed by atoms with van der Waals surface area (Å²) in [4.78, 5) is 11.6. The average molecular weight is 412 g/mol. The first kappa shape index (κ1) is 23.3. The lowest BCUT2D eigenvalue weighted by atomic mass is 10.0. The van der Waals surface area contributed by atoms with Gasteiger partial charge in [0, 0.05) is 5.56 Å². The van der Waals surface area contributed by atoms with Crippen molar-refractivity contribution in [2.75, 3.05) is 6.54 Å². The molecule has 6 nitrogen and oxygen atoms in total. The highest BCUT2D eigenvalue weighted by Crippen LogP contribution is 2.36. The standard InChI is InChI=1S/C16H18F6N4O2/c1-8(2)28-14(27)9(3)7-26(24)25-13(23)10-4-11(15(17,18)19)6-12(5-10)16(20,21)22/h4-6,8H,3,7,24H2,1-2H3,(H2,23,25). The Morgan fingerprint density at radius 3 is 2.00 bits per heavy atom. The third-order valence-electron chi connectivity index (χ3n) is 3.10. The van der Waals surface area contributed by atoms with E-state index in [4.69, 9.17) is 16.3 Å². The number of halogens is 6. The number of hydrazine groups is 1. The van der Waals surface area contributed by atoms with Gasteiger partial charge in [0.15, 0.2) is 5.84 Å². The minimum Gasteiger partial charge on any atom is -0.460 e. The largest absolute Gasteiger partial charge is 0.460 e. The van der Waals surface area contributed by atoms with Gasteiger partial charge in [-0.15, -0.1) is 5.10 Å². The van der Waals surface area contributed by atoms with Gasteiger partial charge in [-0.25, -0.2) is 15.8 Å². The number of rotatable bonds is 6. The lowest BCUT2D eigenvalue weighted by Gasteiger charge is -2.17. The van der Waals surface area contributed by atoms with Gasteiger partial charge in [0.25, 0.3) is 0 Å². The molecule has 0 heterocycles. The number of nitrogens with two attached hydrogens (primary N) is 2. The summed E-state index contributed by atoms with van der Waals surface area (Å²) in [5.74, 6) is 3.97. The molecule has 28 heavy (non-hydrogen) atoms. The molecule has 0 aliphatic carbocycles. The molecule has 0 aliphatic rings. The normalized spacial score (nSPS) is 12.9. The molecule has 0 aromatic heterocycles. The van der Waals surface area contributed by atoms with Gasteiger partial charge in [-0.2, -0.15) is 26.3 Å². The van der Waals surface area contributed by atoms with Gasteiger partial charge in [0.1, 0.15) is 0 Å². The molecule has 1 aromatic rings. The molecule has 0 atom stereocenters. The van der Waals surface area contributed by atoms with Crippen LogP contribution in [0.5, 0.6) is 0 Å². The number of ether oxygens (including phenoxy) is 1. The molecule has 0 saturated carbocycles. The Morgan fingerprint density at radius 1 is 1.14 bits per heavy atom. The number of hydrogen-bond acceptors (Lipinski definition) is 5. The fourth-order valence-corrected chi connectivity index (χ4v) is 1.89. The highest BCUT2D eigenvalue weighted by molar-refractivity contribution is 5.97. The highest BCUT2D eigenvalue weighted by Gasteiger charge is 2.37.